The van der Waals surface area contributed by atoms with Gasteiger partial charge in [-0.15, -0.1) is 0 Å². The quantitative estimate of drug-likeness (QED) is 0.505. The number of rotatable bonds is 3. The molecule has 124 valence electrons. The Morgan fingerprint density at radius 1 is 0.923 bits per heavy atom. The number of nitrogens with zero attached hydrogens (tertiary/aromatic N) is 3. The van der Waals surface area contributed by atoms with E-state index in [0.29, 0.717) is 5.76 Å². The molecule has 0 bridgehead atoms. The zero-order valence-corrected chi connectivity index (χ0v) is 13.8. The molecule has 0 saturated carbocycles. The summed E-state index contributed by atoms with van der Waals surface area (Å²) in [5, 5.41) is 1.02. The van der Waals surface area contributed by atoms with E-state index in [1.165, 1.54) is 6.33 Å². The molecule has 5 aromatic rings. The second-order valence-corrected chi connectivity index (χ2v) is 5.94. The third kappa shape index (κ3) is 2.46. The van der Waals surface area contributed by atoms with E-state index in [0.717, 1.165) is 39.2 Å². The van der Waals surface area contributed by atoms with Gasteiger partial charge < -0.3 is 9.40 Å². The van der Waals surface area contributed by atoms with Crippen LogP contribution in [0.2, 0.25) is 0 Å². The van der Waals surface area contributed by atoms with Gasteiger partial charge in [-0.25, -0.2) is 15.0 Å². The van der Waals surface area contributed by atoms with Gasteiger partial charge in [-0.2, -0.15) is 0 Å². The average Bonchev–Trinajstić information content (AvgIpc) is 3.38. The Balaban J connectivity index is 1.75. The first-order valence-corrected chi connectivity index (χ1v) is 8.28. The molecule has 0 amide bonds. The number of benzene rings is 1. The second-order valence-electron chi connectivity index (χ2n) is 5.94. The maximum Gasteiger partial charge on any atom is 0.153 e. The van der Waals surface area contributed by atoms with Crippen molar-refractivity contribution in [3.8, 4) is 34.0 Å². The molecule has 0 radical (unpaired) electrons. The maximum atomic E-state index is 5.60. The van der Waals surface area contributed by atoms with Crippen molar-refractivity contribution in [3.63, 3.8) is 0 Å². The van der Waals surface area contributed by atoms with Gasteiger partial charge in [0, 0.05) is 22.8 Å². The van der Waals surface area contributed by atoms with Gasteiger partial charge in [0.15, 0.2) is 5.76 Å². The molecule has 4 heterocycles. The third-order valence-electron chi connectivity index (χ3n) is 4.30. The summed E-state index contributed by atoms with van der Waals surface area (Å²) in [6, 6.07) is 20.0. The number of hydrogen-bond acceptors (Lipinski definition) is 4. The van der Waals surface area contributed by atoms with Crippen LogP contribution in [0.3, 0.4) is 0 Å². The van der Waals surface area contributed by atoms with Crippen molar-refractivity contribution in [2.24, 2.45) is 0 Å². The van der Waals surface area contributed by atoms with Crippen LogP contribution < -0.4 is 0 Å². The van der Waals surface area contributed by atoms with E-state index in [-0.39, 0.29) is 0 Å². The van der Waals surface area contributed by atoms with Crippen LogP contribution in [0.4, 0.5) is 0 Å². The number of fused-ring (bicyclic) bond motifs is 1. The standard InChI is InChI=1S/C21H14N4O/c1-2-5-14(6-3-1)18-12-15-11-16(17-8-9-22-13-23-17)20(25-21(15)24-18)19-7-4-10-26-19/h1-13H,(H,24,25). The minimum Gasteiger partial charge on any atom is -0.463 e. The fourth-order valence-electron chi connectivity index (χ4n) is 3.08. The molecule has 0 saturated heterocycles. The summed E-state index contributed by atoms with van der Waals surface area (Å²) in [6.07, 6.45) is 4.91. The Kier molecular flexibility index (Phi) is 3.35. The lowest BCUT2D eigenvalue weighted by atomic mass is 10.1. The van der Waals surface area contributed by atoms with Crippen LogP contribution in [0.1, 0.15) is 0 Å². The number of aromatic amines is 1. The summed E-state index contributed by atoms with van der Waals surface area (Å²) < 4.78 is 5.60. The van der Waals surface area contributed by atoms with E-state index in [4.69, 9.17) is 9.40 Å². The Labute approximate surface area is 149 Å². The van der Waals surface area contributed by atoms with Gasteiger partial charge >= 0.3 is 0 Å². The van der Waals surface area contributed by atoms with E-state index in [1.54, 1.807) is 12.5 Å². The largest absolute Gasteiger partial charge is 0.463 e. The highest BCUT2D eigenvalue weighted by Crippen LogP contribution is 2.34. The lowest BCUT2D eigenvalue weighted by Gasteiger charge is -2.06. The Hall–Kier alpha value is -3.73. The number of aromatic nitrogens is 4. The number of hydrogen-bond donors (Lipinski definition) is 1. The van der Waals surface area contributed by atoms with E-state index in [1.807, 2.05) is 36.4 Å². The summed E-state index contributed by atoms with van der Waals surface area (Å²) in [5.74, 6) is 0.705. The van der Waals surface area contributed by atoms with E-state index in [9.17, 15) is 0 Å². The molecule has 26 heavy (non-hydrogen) atoms. The van der Waals surface area contributed by atoms with Crippen molar-refractivity contribution in [1.29, 1.82) is 0 Å². The lowest BCUT2D eigenvalue weighted by Crippen LogP contribution is -1.92. The van der Waals surface area contributed by atoms with Gasteiger partial charge in [-0.3, -0.25) is 0 Å². The predicted octanol–water partition coefficient (Wildman–Crippen LogP) is 4.95. The summed E-state index contributed by atoms with van der Waals surface area (Å²) in [7, 11) is 0. The fraction of sp³-hybridized carbons (Fsp3) is 0. The fourth-order valence-corrected chi connectivity index (χ4v) is 3.08. The molecule has 0 aliphatic rings. The number of furan rings is 1. The summed E-state index contributed by atoms with van der Waals surface area (Å²) in [6.45, 7) is 0. The molecule has 4 aromatic heterocycles. The second kappa shape index (κ2) is 5.97. The van der Waals surface area contributed by atoms with E-state index in [2.05, 4.69) is 39.2 Å². The summed E-state index contributed by atoms with van der Waals surface area (Å²) in [5.41, 5.74) is 5.43. The van der Waals surface area contributed by atoms with Gasteiger partial charge in [0.1, 0.15) is 17.7 Å². The number of H-pyrrole nitrogens is 1. The van der Waals surface area contributed by atoms with E-state index >= 15 is 0 Å². The smallest absolute Gasteiger partial charge is 0.153 e. The molecule has 0 fully saturated rings. The van der Waals surface area contributed by atoms with Gasteiger partial charge in [-0.05, 0) is 35.9 Å². The molecular weight excluding hydrogens is 324 g/mol. The van der Waals surface area contributed by atoms with Crippen LogP contribution in [-0.2, 0) is 0 Å². The van der Waals surface area contributed by atoms with Crippen molar-refractivity contribution >= 4 is 11.0 Å². The molecule has 5 nitrogen and oxygen atoms in total. The van der Waals surface area contributed by atoms with Gasteiger partial charge in [0.05, 0.1) is 12.0 Å². The highest BCUT2D eigenvalue weighted by molar-refractivity contribution is 5.91. The van der Waals surface area contributed by atoms with Crippen LogP contribution in [0.25, 0.3) is 45.0 Å². The molecule has 0 unspecified atom stereocenters. The van der Waals surface area contributed by atoms with Crippen LogP contribution in [0.5, 0.6) is 0 Å². The van der Waals surface area contributed by atoms with Crippen molar-refractivity contribution in [3.05, 3.63) is 79.5 Å². The Morgan fingerprint density at radius 3 is 2.62 bits per heavy atom. The minimum atomic E-state index is 0.705. The Bertz CT molecular complexity index is 1160. The zero-order chi connectivity index (χ0) is 17.3. The topological polar surface area (TPSA) is 67.6 Å². The van der Waals surface area contributed by atoms with Crippen LogP contribution in [0, 0.1) is 0 Å². The third-order valence-corrected chi connectivity index (χ3v) is 4.30. The first kappa shape index (κ1) is 14.6. The highest BCUT2D eigenvalue weighted by Gasteiger charge is 2.16. The lowest BCUT2D eigenvalue weighted by molar-refractivity contribution is 0.580. The van der Waals surface area contributed by atoms with E-state index < -0.39 is 0 Å². The normalized spacial score (nSPS) is 11.1. The van der Waals surface area contributed by atoms with Gasteiger partial charge in [0.2, 0.25) is 0 Å². The summed E-state index contributed by atoms with van der Waals surface area (Å²) >= 11 is 0. The van der Waals surface area contributed by atoms with Gasteiger partial charge in [0.25, 0.3) is 0 Å². The molecular formula is C21H14N4O. The summed E-state index contributed by atoms with van der Waals surface area (Å²) in [4.78, 5) is 16.6. The van der Waals surface area contributed by atoms with Crippen LogP contribution >= 0.6 is 0 Å². The molecule has 1 N–H and O–H groups in total. The monoisotopic (exact) mass is 338 g/mol. The van der Waals surface area contributed by atoms with Crippen LogP contribution in [0.15, 0.2) is 83.9 Å². The highest BCUT2D eigenvalue weighted by atomic mass is 16.3. The SMILES string of the molecule is c1ccc(-c2cc3cc(-c4ccncn4)c(-c4ccco4)nc3[nH]2)cc1. The molecule has 0 atom stereocenters. The van der Waals surface area contributed by atoms with Crippen LogP contribution in [-0.4, -0.2) is 19.9 Å². The maximum absolute atomic E-state index is 5.60. The number of nitrogens with one attached hydrogen (secondary N) is 1. The molecule has 5 heteroatoms. The molecule has 1 aromatic carbocycles. The minimum absolute atomic E-state index is 0.705. The average molecular weight is 338 g/mol. The molecule has 0 aliphatic heterocycles. The first-order valence-electron chi connectivity index (χ1n) is 8.28. The van der Waals surface area contributed by atoms with Crippen molar-refractivity contribution in [2.75, 3.05) is 0 Å². The van der Waals surface area contributed by atoms with Gasteiger partial charge in [-0.1, -0.05) is 30.3 Å². The molecule has 0 spiro atoms. The first-order chi connectivity index (χ1) is 12.9. The van der Waals surface area contributed by atoms with Crippen molar-refractivity contribution in [2.45, 2.75) is 0 Å². The van der Waals surface area contributed by atoms with Crippen molar-refractivity contribution in [1.82, 2.24) is 19.9 Å². The Morgan fingerprint density at radius 2 is 1.85 bits per heavy atom. The number of pyridine rings is 1. The van der Waals surface area contributed by atoms with Crippen molar-refractivity contribution < 1.29 is 4.42 Å². The molecule has 5 rings (SSSR count). The zero-order valence-electron chi connectivity index (χ0n) is 13.8. The predicted molar refractivity (Wildman–Crippen MR) is 100 cm³/mol. The molecule has 0 aliphatic carbocycles.